The van der Waals surface area contributed by atoms with Crippen LogP contribution in [-0.4, -0.2) is 71.4 Å². The van der Waals surface area contributed by atoms with Crippen LogP contribution in [0.4, 0.5) is 5.69 Å². The molecule has 32 heavy (non-hydrogen) atoms. The van der Waals surface area contributed by atoms with Crippen molar-refractivity contribution in [2.75, 3.05) is 25.0 Å². The summed E-state index contributed by atoms with van der Waals surface area (Å²) in [6.45, 7) is 5.25. The first-order valence-electron chi connectivity index (χ1n) is 11.9. The van der Waals surface area contributed by atoms with Gasteiger partial charge in [-0.3, -0.25) is 24.6 Å². The van der Waals surface area contributed by atoms with E-state index < -0.39 is 6.04 Å². The van der Waals surface area contributed by atoms with Crippen molar-refractivity contribution >= 4 is 23.4 Å². The summed E-state index contributed by atoms with van der Waals surface area (Å²) in [5, 5.41) is 6.10. The molecule has 3 aliphatic heterocycles. The Balaban J connectivity index is 1.26. The molecule has 172 valence electrons. The second-order valence-electron chi connectivity index (χ2n) is 9.41. The number of carbonyl (C=O) groups excluding carboxylic acids is 3. The molecular weight excluding hydrogens is 408 g/mol. The zero-order valence-corrected chi connectivity index (χ0v) is 18.6. The second kappa shape index (κ2) is 8.83. The number of nitrogens with one attached hydrogen (secondary N) is 2. The summed E-state index contributed by atoms with van der Waals surface area (Å²) in [5.74, 6) is -0.761. The van der Waals surface area contributed by atoms with Crippen LogP contribution in [0.2, 0.25) is 0 Å². The van der Waals surface area contributed by atoms with E-state index in [1.807, 2.05) is 19.1 Å². The number of hydrogen-bond acceptors (Lipinski definition) is 6. The molecule has 4 aliphatic rings. The molecule has 0 bridgehead atoms. The molecule has 1 saturated carbocycles. The van der Waals surface area contributed by atoms with Gasteiger partial charge in [-0.25, -0.2) is 0 Å². The molecular formula is C24H32N4O4. The summed E-state index contributed by atoms with van der Waals surface area (Å²) >= 11 is 0. The fraction of sp³-hybridized carbons (Fsp3) is 0.625. The van der Waals surface area contributed by atoms with Crippen LogP contribution in [0.3, 0.4) is 0 Å². The molecule has 0 aromatic heterocycles. The number of hydrogen-bond donors (Lipinski definition) is 2. The molecule has 2 saturated heterocycles. The maximum atomic E-state index is 12.9. The number of likely N-dealkylation sites (tertiary alicyclic amines) is 1. The van der Waals surface area contributed by atoms with Crippen LogP contribution >= 0.6 is 0 Å². The van der Waals surface area contributed by atoms with Crippen molar-refractivity contribution in [2.24, 2.45) is 0 Å². The van der Waals surface area contributed by atoms with Gasteiger partial charge in [-0.2, -0.15) is 0 Å². The van der Waals surface area contributed by atoms with Crippen LogP contribution in [-0.2, 0) is 20.9 Å². The van der Waals surface area contributed by atoms with E-state index in [2.05, 4.69) is 21.6 Å². The first kappa shape index (κ1) is 21.4. The minimum Gasteiger partial charge on any atom is -0.381 e. The van der Waals surface area contributed by atoms with E-state index in [0.717, 1.165) is 37.4 Å². The predicted molar refractivity (Wildman–Crippen MR) is 119 cm³/mol. The lowest BCUT2D eigenvalue weighted by Gasteiger charge is -2.48. The van der Waals surface area contributed by atoms with Crippen molar-refractivity contribution in [3.8, 4) is 0 Å². The Morgan fingerprint density at radius 2 is 1.94 bits per heavy atom. The number of carbonyl (C=O) groups is 3. The number of amides is 3. The van der Waals surface area contributed by atoms with Gasteiger partial charge in [-0.1, -0.05) is 12.8 Å². The van der Waals surface area contributed by atoms with Crippen LogP contribution in [0.5, 0.6) is 0 Å². The molecule has 1 aliphatic carbocycles. The van der Waals surface area contributed by atoms with Gasteiger partial charge >= 0.3 is 0 Å². The number of imide groups is 1. The Hall–Kier alpha value is -2.45. The molecule has 8 nitrogen and oxygen atoms in total. The van der Waals surface area contributed by atoms with E-state index in [4.69, 9.17) is 4.74 Å². The average Bonchev–Trinajstić information content (AvgIpc) is 3.07. The lowest BCUT2D eigenvalue weighted by Crippen LogP contribution is -2.61. The largest absolute Gasteiger partial charge is 0.381 e. The highest BCUT2D eigenvalue weighted by atomic mass is 16.5. The molecule has 3 fully saturated rings. The number of fused-ring (bicyclic) bond motifs is 1. The summed E-state index contributed by atoms with van der Waals surface area (Å²) in [5.41, 5.74) is 2.63. The van der Waals surface area contributed by atoms with E-state index >= 15 is 0 Å². The molecule has 3 amide bonds. The van der Waals surface area contributed by atoms with E-state index in [1.165, 1.54) is 19.3 Å². The Morgan fingerprint density at radius 1 is 1.12 bits per heavy atom. The summed E-state index contributed by atoms with van der Waals surface area (Å²) < 4.78 is 5.74. The van der Waals surface area contributed by atoms with Crippen molar-refractivity contribution in [1.82, 2.24) is 15.1 Å². The fourth-order valence-electron chi connectivity index (χ4n) is 5.68. The van der Waals surface area contributed by atoms with Gasteiger partial charge in [0, 0.05) is 56.0 Å². The normalized spacial score (nSPS) is 29.0. The van der Waals surface area contributed by atoms with Gasteiger partial charge < -0.3 is 15.0 Å². The van der Waals surface area contributed by atoms with E-state index in [-0.39, 0.29) is 24.1 Å². The quantitative estimate of drug-likeness (QED) is 0.657. The molecule has 1 aromatic rings. The standard InChI is InChI=1S/C24H32N4O4/c1-2-32-17-13-27(14-17)20-6-4-3-5-19(20)25-16-7-8-18-15(11-16)12-28(24(18)31)21-9-10-22(29)26-23(21)30/h7-8,11,17,19-21,25H,2-6,9-10,12-14H2,1H3,(H,26,29,30)/t19-,20+,21?/m1/s1. The third-order valence-corrected chi connectivity index (χ3v) is 7.35. The van der Waals surface area contributed by atoms with Crippen molar-refractivity contribution in [1.29, 1.82) is 0 Å². The molecule has 3 heterocycles. The van der Waals surface area contributed by atoms with Crippen LogP contribution in [0.15, 0.2) is 18.2 Å². The van der Waals surface area contributed by atoms with Gasteiger partial charge in [0.25, 0.3) is 5.91 Å². The molecule has 1 aromatic carbocycles. The fourth-order valence-corrected chi connectivity index (χ4v) is 5.68. The van der Waals surface area contributed by atoms with Gasteiger partial charge in [0.2, 0.25) is 11.8 Å². The molecule has 0 radical (unpaired) electrons. The third-order valence-electron chi connectivity index (χ3n) is 7.35. The van der Waals surface area contributed by atoms with Gasteiger partial charge in [-0.15, -0.1) is 0 Å². The highest BCUT2D eigenvalue weighted by molar-refractivity contribution is 6.05. The van der Waals surface area contributed by atoms with Gasteiger partial charge in [-0.05, 0) is 49.9 Å². The van der Waals surface area contributed by atoms with Gasteiger partial charge in [0.1, 0.15) is 6.04 Å². The third kappa shape index (κ3) is 4.01. The molecule has 5 rings (SSSR count). The molecule has 1 unspecified atom stereocenters. The number of anilines is 1. The lowest BCUT2D eigenvalue weighted by molar-refractivity contribution is -0.136. The monoisotopic (exact) mass is 440 g/mol. The molecule has 0 spiro atoms. The number of rotatable bonds is 6. The average molecular weight is 441 g/mol. The van der Waals surface area contributed by atoms with E-state index in [1.54, 1.807) is 4.90 Å². The Bertz CT molecular complexity index is 913. The van der Waals surface area contributed by atoms with E-state index in [0.29, 0.717) is 36.7 Å². The Labute approximate surface area is 188 Å². The number of nitrogens with zero attached hydrogens (tertiary/aromatic N) is 2. The SMILES string of the molecule is CCOC1CN([C@H]2CCCC[C@H]2Nc2ccc3c(c2)CN(C2CCC(=O)NC2=O)C3=O)C1. The van der Waals surface area contributed by atoms with Crippen molar-refractivity contribution in [2.45, 2.75) is 76.2 Å². The smallest absolute Gasteiger partial charge is 0.255 e. The molecule has 8 heteroatoms. The molecule has 2 N–H and O–H groups in total. The number of benzene rings is 1. The van der Waals surface area contributed by atoms with Crippen molar-refractivity contribution < 1.29 is 19.1 Å². The minimum atomic E-state index is -0.573. The highest BCUT2D eigenvalue weighted by Gasteiger charge is 2.40. The molecule has 3 atom stereocenters. The van der Waals surface area contributed by atoms with Crippen molar-refractivity contribution in [3.05, 3.63) is 29.3 Å². The number of ether oxygens (including phenoxy) is 1. The van der Waals surface area contributed by atoms with Crippen LogP contribution in [0, 0.1) is 0 Å². The summed E-state index contributed by atoms with van der Waals surface area (Å²) in [4.78, 5) is 40.8. The topological polar surface area (TPSA) is 91.0 Å². The lowest BCUT2D eigenvalue weighted by atomic mass is 9.87. The Morgan fingerprint density at radius 3 is 2.72 bits per heavy atom. The first-order chi connectivity index (χ1) is 15.5. The Kier molecular flexibility index (Phi) is 5.90. The zero-order chi connectivity index (χ0) is 22.2. The van der Waals surface area contributed by atoms with Crippen molar-refractivity contribution in [3.63, 3.8) is 0 Å². The predicted octanol–water partition coefficient (Wildman–Crippen LogP) is 1.89. The highest BCUT2D eigenvalue weighted by Crippen LogP contribution is 2.33. The maximum Gasteiger partial charge on any atom is 0.255 e. The minimum absolute atomic E-state index is 0.126. The summed E-state index contributed by atoms with van der Waals surface area (Å²) in [7, 11) is 0. The number of piperidine rings is 1. The van der Waals surface area contributed by atoms with Gasteiger partial charge in [0.05, 0.1) is 6.10 Å². The second-order valence-corrected chi connectivity index (χ2v) is 9.41. The van der Waals surface area contributed by atoms with Gasteiger partial charge in [0.15, 0.2) is 0 Å². The van der Waals surface area contributed by atoms with Crippen LogP contribution in [0.25, 0.3) is 0 Å². The first-order valence-corrected chi connectivity index (χ1v) is 11.9. The maximum absolute atomic E-state index is 12.9. The van der Waals surface area contributed by atoms with Crippen LogP contribution < -0.4 is 10.6 Å². The summed E-state index contributed by atoms with van der Waals surface area (Å²) in [6, 6.07) is 6.23. The van der Waals surface area contributed by atoms with E-state index in [9.17, 15) is 14.4 Å². The van der Waals surface area contributed by atoms with Crippen LogP contribution in [0.1, 0.15) is 61.4 Å². The summed E-state index contributed by atoms with van der Waals surface area (Å²) in [6.07, 6.45) is 5.85. The zero-order valence-electron chi connectivity index (χ0n) is 18.6.